The highest BCUT2D eigenvalue weighted by molar-refractivity contribution is 14.0. The Morgan fingerprint density at radius 2 is 1.70 bits per heavy atom. The molecule has 0 radical (unpaired) electrons. The number of hydrogen-bond acceptors (Lipinski definition) is 4. The summed E-state index contributed by atoms with van der Waals surface area (Å²) in [6.45, 7) is 7.88. The van der Waals surface area contributed by atoms with E-state index >= 15 is 0 Å². The zero-order chi connectivity index (χ0) is 20.5. The van der Waals surface area contributed by atoms with Crippen molar-refractivity contribution in [2.75, 3.05) is 51.9 Å². The fraction of sp³-hybridized carbons (Fsp3) is 0.435. The lowest BCUT2D eigenvalue weighted by molar-refractivity contribution is 0.122. The standard InChI is InChI=1S/C23H32N4O2.HI/c1-4-24-23(26(2)18-20-7-11-22(28-3)12-8-20)25-17-19-5-9-21(10-6-19)27-13-15-29-16-14-27;/h5-12H,4,13-18H2,1-3H3,(H,24,25);1H. The van der Waals surface area contributed by atoms with Crippen molar-refractivity contribution in [2.45, 2.75) is 20.0 Å². The van der Waals surface area contributed by atoms with Crippen molar-refractivity contribution in [3.05, 3.63) is 59.7 Å². The van der Waals surface area contributed by atoms with Crippen LogP contribution in [0.1, 0.15) is 18.1 Å². The van der Waals surface area contributed by atoms with E-state index in [1.165, 1.54) is 16.8 Å². The molecule has 1 aliphatic heterocycles. The predicted molar refractivity (Wildman–Crippen MR) is 134 cm³/mol. The van der Waals surface area contributed by atoms with Gasteiger partial charge in [-0.25, -0.2) is 4.99 Å². The number of methoxy groups -OCH3 is 1. The van der Waals surface area contributed by atoms with Crippen molar-refractivity contribution < 1.29 is 9.47 Å². The molecule has 1 saturated heterocycles. The summed E-state index contributed by atoms with van der Waals surface area (Å²) in [5, 5.41) is 3.39. The summed E-state index contributed by atoms with van der Waals surface area (Å²) in [6, 6.07) is 16.9. The molecule has 0 unspecified atom stereocenters. The van der Waals surface area contributed by atoms with Crippen LogP contribution in [0.5, 0.6) is 5.75 Å². The molecule has 0 amide bonds. The fourth-order valence-electron chi connectivity index (χ4n) is 3.35. The van der Waals surface area contributed by atoms with E-state index in [1.807, 2.05) is 12.1 Å². The number of nitrogens with zero attached hydrogens (tertiary/aromatic N) is 3. The van der Waals surface area contributed by atoms with E-state index in [1.54, 1.807) is 7.11 Å². The van der Waals surface area contributed by atoms with E-state index in [4.69, 9.17) is 14.5 Å². The van der Waals surface area contributed by atoms with Crippen LogP contribution < -0.4 is 15.0 Å². The van der Waals surface area contributed by atoms with E-state index in [0.717, 1.165) is 51.1 Å². The summed E-state index contributed by atoms with van der Waals surface area (Å²) in [6.07, 6.45) is 0. The molecule has 3 rings (SSSR count). The number of morpholine rings is 1. The number of hydrogen-bond donors (Lipinski definition) is 1. The number of halogens is 1. The van der Waals surface area contributed by atoms with Crippen LogP contribution in [-0.4, -0.2) is 57.9 Å². The van der Waals surface area contributed by atoms with Crippen molar-refractivity contribution >= 4 is 35.6 Å². The number of ether oxygens (including phenoxy) is 2. The van der Waals surface area contributed by atoms with Crippen LogP contribution in [0.3, 0.4) is 0 Å². The van der Waals surface area contributed by atoms with Crippen LogP contribution >= 0.6 is 24.0 Å². The van der Waals surface area contributed by atoms with Gasteiger partial charge >= 0.3 is 0 Å². The van der Waals surface area contributed by atoms with Gasteiger partial charge in [0, 0.05) is 38.9 Å². The van der Waals surface area contributed by atoms with E-state index in [-0.39, 0.29) is 24.0 Å². The molecule has 1 aliphatic rings. The Bertz CT molecular complexity index is 775. The van der Waals surface area contributed by atoms with E-state index in [2.05, 4.69) is 65.5 Å². The van der Waals surface area contributed by atoms with Crippen molar-refractivity contribution in [3.8, 4) is 5.75 Å². The zero-order valence-corrected chi connectivity index (χ0v) is 20.5. The van der Waals surface area contributed by atoms with Gasteiger partial charge in [-0.15, -0.1) is 24.0 Å². The molecular weight excluding hydrogens is 491 g/mol. The SMILES string of the molecule is CCNC(=NCc1ccc(N2CCOCC2)cc1)N(C)Cc1ccc(OC)cc1.I. The second-order valence-electron chi connectivity index (χ2n) is 7.14. The van der Waals surface area contributed by atoms with Crippen LogP contribution in [0.4, 0.5) is 5.69 Å². The highest BCUT2D eigenvalue weighted by Gasteiger charge is 2.11. The molecule has 2 aromatic carbocycles. The number of nitrogens with one attached hydrogen (secondary N) is 1. The maximum Gasteiger partial charge on any atom is 0.194 e. The zero-order valence-electron chi connectivity index (χ0n) is 18.1. The van der Waals surface area contributed by atoms with Gasteiger partial charge in [0.2, 0.25) is 0 Å². The lowest BCUT2D eigenvalue weighted by atomic mass is 10.2. The smallest absolute Gasteiger partial charge is 0.194 e. The number of rotatable bonds is 7. The molecule has 7 heteroatoms. The molecule has 1 fully saturated rings. The molecule has 2 aromatic rings. The fourth-order valence-corrected chi connectivity index (χ4v) is 3.35. The van der Waals surface area contributed by atoms with Crippen LogP contribution in [0.15, 0.2) is 53.5 Å². The Morgan fingerprint density at radius 3 is 2.30 bits per heavy atom. The van der Waals surface area contributed by atoms with Crippen LogP contribution in [0.25, 0.3) is 0 Å². The number of anilines is 1. The average molecular weight is 524 g/mol. The lowest BCUT2D eigenvalue weighted by Gasteiger charge is -2.28. The van der Waals surface area contributed by atoms with Crippen LogP contribution in [0.2, 0.25) is 0 Å². The minimum absolute atomic E-state index is 0. The summed E-state index contributed by atoms with van der Waals surface area (Å²) in [5.74, 6) is 1.78. The minimum atomic E-state index is 0. The molecule has 164 valence electrons. The molecule has 6 nitrogen and oxygen atoms in total. The van der Waals surface area contributed by atoms with Gasteiger partial charge in [-0.05, 0) is 42.3 Å². The molecule has 1 N–H and O–H groups in total. The van der Waals surface area contributed by atoms with Crippen molar-refractivity contribution in [1.29, 1.82) is 0 Å². The van der Waals surface area contributed by atoms with Gasteiger partial charge in [0.25, 0.3) is 0 Å². The largest absolute Gasteiger partial charge is 0.497 e. The molecule has 0 aliphatic carbocycles. The molecule has 1 heterocycles. The Morgan fingerprint density at radius 1 is 1.07 bits per heavy atom. The van der Waals surface area contributed by atoms with Gasteiger partial charge in [-0.2, -0.15) is 0 Å². The first-order chi connectivity index (χ1) is 14.2. The van der Waals surface area contributed by atoms with Crippen LogP contribution in [-0.2, 0) is 17.8 Å². The van der Waals surface area contributed by atoms with Gasteiger partial charge in [-0.1, -0.05) is 24.3 Å². The van der Waals surface area contributed by atoms with Gasteiger partial charge in [0.1, 0.15) is 5.75 Å². The summed E-state index contributed by atoms with van der Waals surface area (Å²) in [4.78, 5) is 9.34. The highest BCUT2D eigenvalue weighted by atomic mass is 127. The quantitative estimate of drug-likeness (QED) is 0.340. The topological polar surface area (TPSA) is 49.3 Å². The van der Waals surface area contributed by atoms with Gasteiger partial charge in [-0.3, -0.25) is 0 Å². The second kappa shape index (κ2) is 12.6. The maximum absolute atomic E-state index is 5.43. The Balaban J connectivity index is 0.00000320. The minimum Gasteiger partial charge on any atom is -0.497 e. The normalized spacial score (nSPS) is 14.1. The first kappa shape index (κ1) is 24.3. The van der Waals surface area contributed by atoms with Crippen molar-refractivity contribution in [3.63, 3.8) is 0 Å². The van der Waals surface area contributed by atoms with Crippen LogP contribution in [0, 0.1) is 0 Å². The molecule has 0 saturated carbocycles. The van der Waals surface area contributed by atoms with E-state index < -0.39 is 0 Å². The molecule has 30 heavy (non-hydrogen) atoms. The molecule has 0 atom stereocenters. The third kappa shape index (κ3) is 7.05. The first-order valence-electron chi connectivity index (χ1n) is 10.2. The molecule has 0 spiro atoms. The average Bonchev–Trinajstić information content (AvgIpc) is 2.78. The summed E-state index contributed by atoms with van der Waals surface area (Å²) in [5.41, 5.74) is 3.67. The second-order valence-corrected chi connectivity index (χ2v) is 7.14. The Hall–Kier alpha value is -2.00. The van der Waals surface area contributed by atoms with Crippen molar-refractivity contribution in [2.24, 2.45) is 4.99 Å². The van der Waals surface area contributed by atoms with E-state index in [9.17, 15) is 0 Å². The number of guanidine groups is 1. The number of benzene rings is 2. The Labute approximate surface area is 197 Å². The number of aliphatic imine (C=N–C) groups is 1. The first-order valence-corrected chi connectivity index (χ1v) is 10.2. The summed E-state index contributed by atoms with van der Waals surface area (Å²) in [7, 11) is 3.75. The lowest BCUT2D eigenvalue weighted by Crippen LogP contribution is -2.38. The van der Waals surface area contributed by atoms with Crippen molar-refractivity contribution in [1.82, 2.24) is 10.2 Å². The van der Waals surface area contributed by atoms with Gasteiger partial charge in [0.05, 0.1) is 26.9 Å². The third-order valence-corrected chi connectivity index (χ3v) is 5.00. The highest BCUT2D eigenvalue weighted by Crippen LogP contribution is 2.17. The summed E-state index contributed by atoms with van der Waals surface area (Å²) < 4.78 is 10.7. The molecule has 0 bridgehead atoms. The predicted octanol–water partition coefficient (Wildman–Crippen LogP) is 3.75. The van der Waals surface area contributed by atoms with Gasteiger partial charge in [0.15, 0.2) is 5.96 Å². The monoisotopic (exact) mass is 524 g/mol. The van der Waals surface area contributed by atoms with E-state index in [0.29, 0.717) is 6.54 Å². The maximum atomic E-state index is 5.43. The Kier molecular flexibility index (Phi) is 10.2. The third-order valence-electron chi connectivity index (χ3n) is 5.00. The van der Waals surface area contributed by atoms with Gasteiger partial charge < -0.3 is 24.6 Å². The summed E-state index contributed by atoms with van der Waals surface area (Å²) >= 11 is 0. The molecular formula is C23H33IN4O2. The molecule has 0 aromatic heterocycles.